The van der Waals surface area contributed by atoms with E-state index in [4.69, 9.17) is 16.3 Å². The van der Waals surface area contributed by atoms with Crippen molar-refractivity contribution in [2.45, 2.75) is 44.2 Å². The summed E-state index contributed by atoms with van der Waals surface area (Å²) in [6, 6.07) is 6.95. The molecule has 35 heavy (non-hydrogen) atoms. The summed E-state index contributed by atoms with van der Waals surface area (Å²) in [4.78, 5) is 12.5. The van der Waals surface area contributed by atoms with E-state index in [1.807, 2.05) is 36.1 Å². The quantitative estimate of drug-likeness (QED) is 0.302. The molecule has 0 amide bonds. The SMILES string of the molecule is Cc1cnc(-c2ccc(Nc3cc(Cl)nc4c3[nH]c(C)[n+]4C3CCCCO3)c(S(C)(=O)=O)c2)n1C. The number of hydrogen-bond acceptors (Lipinski definition) is 6. The average Bonchev–Trinajstić information content (AvgIpc) is 3.32. The van der Waals surface area contributed by atoms with Gasteiger partial charge in [0.25, 0.3) is 0 Å². The van der Waals surface area contributed by atoms with E-state index >= 15 is 0 Å². The Bertz CT molecular complexity index is 1540. The number of benzene rings is 1. The Labute approximate surface area is 209 Å². The van der Waals surface area contributed by atoms with E-state index in [-0.39, 0.29) is 11.1 Å². The van der Waals surface area contributed by atoms with Gasteiger partial charge in [-0.1, -0.05) is 4.98 Å². The maximum atomic E-state index is 12.8. The van der Waals surface area contributed by atoms with Crippen molar-refractivity contribution >= 4 is 44.0 Å². The third kappa shape index (κ3) is 4.41. The minimum atomic E-state index is -3.56. The molecule has 2 N–H and O–H groups in total. The number of halogens is 1. The zero-order valence-electron chi connectivity index (χ0n) is 20.1. The summed E-state index contributed by atoms with van der Waals surface area (Å²) in [6.45, 7) is 4.61. The number of imidazole rings is 2. The predicted molar refractivity (Wildman–Crippen MR) is 135 cm³/mol. The first-order valence-electron chi connectivity index (χ1n) is 11.5. The number of sulfone groups is 1. The standard InChI is InChI=1S/C24H27ClN6O3S/c1-14-13-26-23(30(14)3)16-8-9-17(19(11-16)35(4,32)33)28-18-12-20(25)29-24-22(18)27-15(2)31(24)21-7-5-6-10-34-21/h8-9,11-13,21H,5-7,10H2,1-4H3,(H,26,28,29)/p+1. The van der Waals surface area contributed by atoms with E-state index in [0.29, 0.717) is 40.2 Å². The number of aryl methyl sites for hydroxylation is 2. The Morgan fingerprint density at radius 1 is 1.23 bits per heavy atom. The first-order chi connectivity index (χ1) is 16.6. The van der Waals surface area contributed by atoms with Gasteiger partial charge in [-0.15, -0.1) is 0 Å². The van der Waals surface area contributed by atoms with E-state index < -0.39 is 9.84 Å². The van der Waals surface area contributed by atoms with Crippen LogP contribution in [0.25, 0.3) is 22.6 Å². The number of ether oxygens (including phenoxy) is 1. The van der Waals surface area contributed by atoms with Crippen LogP contribution in [0.4, 0.5) is 11.4 Å². The Morgan fingerprint density at radius 2 is 2.03 bits per heavy atom. The molecule has 11 heteroatoms. The fourth-order valence-corrected chi connectivity index (χ4v) is 5.61. The summed E-state index contributed by atoms with van der Waals surface area (Å²) in [7, 11) is -1.66. The minimum absolute atomic E-state index is 0.122. The largest absolute Gasteiger partial charge is 0.351 e. The van der Waals surface area contributed by atoms with Crippen LogP contribution < -0.4 is 9.88 Å². The monoisotopic (exact) mass is 515 g/mol. The van der Waals surface area contributed by atoms with Crippen LogP contribution in [0.5, 0.6) is 0 Å². The molecule has 0 spiro atoms. The number of nitrogens with one attached hydrogen (secondary N) is 2. The number of H-pyrrole nitrogens is 1. The van der Waals surface area contributed by atoms with Crippen molar-refractivity contribution in [2.75, 3.05) is 18.2 Å². The molecule has 1 aromatic carbocycles. The lowest BCUT2D eigenvalue weighted by atomic mass is 10.2. The van der Waals surface area contributed by atoms with E-state index in [2.05, 4.69) is 20.3 Å². The third-order valence-corrected chi connectivity index (χ3v) is 7.77. The molecule has 1 aliphatic heterocycles. The molecule has 1 aliphatic rings. The first-order valence-corrected chi connectivity index (χ1v) is 13.7. The highest BCUT2D eigenvalue weighted by molar-refractivity contribution is 7.90. The topological polar surface area (TPSA) is 106 Å². The Balaban J connectivity index is 1.61. The van der Waals surface area contributed by atoms with E-state index in [9.17, 15) is 8.42 Å². The summed E-state index contributed by atoms with van der Waals surface area (Å²) >= 11 is 6.42. The smallest absolute Gasteiger partial charge is 0.307 e. The Hall–Kier alpha value is -2.95. The second kappa shape index (κ2) is 8.92. The molecule has 4 aromatic rings. The van der Waals surface area contributed by atoms with Crippen LogP contribution >= 0.6 is 11.6 Å². The molecule has 4 heterocycles. The molecule has 184 valence electrons. The molecule has 1 fully saturated rings. The summed E-state index contributed by atoms with van der Waals surface area (Å²) in [5.74, 6) is 1.58. The van der Waals surface area contributed by atoms with Crippen molar-refractivity contribution in [1.82, 2.24) is 19.5 Å². The fourth-order valence-electron chi connectivity index (χ4n) is 4.56. The number of rotatable bonds is 5. The lowest BCUT2D eigenvalue weighted by molar-refractivity contribution is -0.749. The lowest BCUT2D eigenvalue weighted by Gasteiger charge is -2.21. The first kappa shape index (κ1) is 23.8. The lowest BCUT2D eigenvalue weighted by Crippen LogP contribution is -2.44. The number of nitrogens with zero attached hydrogens (tertiary/aromatic N) is 4. The molecule has 5 rings (SSSR count). The van der Waals surface area contributed by atoms with Crippen LogP contribution in [0.2, 0.25) is 5.15 Å². The maximum Gasteiger partial charge on any atom is 0.307 e. The van der Waals surface area contributed by atoms with Gasteiger partial charge >= 0.3 is 5.65 Å². The number of hydrogen-bond donors (Lipinski definition) is 2. The van der Waals surface area contributed by atoms with E-state index in [1.54, 1.807) is 24.4 Å². The van der Waals surface area contributed by atoms with Crippen LogP contribution in [0, 0.1) is 13.8 Å². The molecule has 0 aliphatic carbocycles. The van der Waals surface area contributed by atoms with Gasteiger partial charge in [0.05, 0.1) is 22.9 Å². The van der Waals surface area contributed by atoms with E-state index in [0.717, 1.165) is 36.3 Å². The summed E-state index contributed by atoms with van der Waals surface area (Å²) in [5.41, 5.74) is 4.15. The van der Waals surface area contributed by atoms with E-state index in [1.165, 1.54) is 6.26 Å². The van der Waals surface area contributed by atoms with Gasteiger partial charge in [-0.25, -0.2) is 18.0 Å². The molecule has 3 aromatic heterocycles. The van der Waals surface area contributed by atoms with Crippen molar-refractivity contribution in [2.24, 2.45) is 7.05 Å². The van der Waals surface area contributed by atoms with Gasteiger partial charge in [0.2, 0.25) is 11.0 Å². The number of aromatic nitrogens is 5. The van der Waals surface area contributed by atoms with Crippen LogP contribution in [0.15, 0.2) is 35.4 Å². The maximum absolute atomic E-state index is 12.8. The van der Waals surface area contributed by atoms with Crippen LogP contribution in [-0.4, -0.2) is 40.8 Å². The minimum Gasteiger partial charge on any atom is -0.351 e. The van der Waals surface area contributed by atoms with Crippen LogP contribution in [-0.2, 0) is 21.6 Å². The zero-order valence-corrected chi connectivity index (χ0v) is 21.7. The number of anilines is 2. The van der Waals surface area contributed by atoms with Gasteiger partial charge in [0.15, 0.2) is 21.6 Å². The fraction of sp³-hybridized carbons (Fsp3) is 0.375. The Morgan fingerprint density at radius 3 is 2.69 bits per heavy atom. The summed E-state index contributed by atoms with van der Waals surface area (Å²) in [5, 5.41) is 3.58. The highest BCUT2D eigenvalue weighted by Crippen LogP contribution is 2.33. The number of aromatic amines is 1. The molecule has 1 atom stereocenters. The molecular formula is C24H28ClN6O3S+. The van der Waals surface area contributed by atoms with Crippen molar-refractivity contribution in [1.29, 1.82) is 0 Å². The average molecular weight is 516 g/mol. The summed E-state index contributed by atoms with van der Waals surface area (Å²) < 4.78 is 35.5. The molecular weight excluding hydrogens is 488 g/mol. The zero-order chi connectivity index (χ0) is 24.9. The Kier molecular flexibility index (Phi) is 6.06. The van der Waals surface area contributed by atoms with Crippen molar-refractivity contribution in [3.8, 4) is 11.4 Å². The number of fused-ring (bicyclic) bond motifs is 1. The van der Waals surface area contributed by atoms with Gasteiger partial charge in [-0.3, -0.25) is 4.98 Å². The van der Waals surface area contributed by atoms with Gasteiger partial charge in [0, 0.05) is 50.2 Å². The third-order valence-electron chi connectivity index (χ3n) is 6.44. The van der Waals surface area contributed by atoms with Gasteiger partial charge < -0.3 is 14.6 Å². The second-order valence-corrected chi connectivity index (χ2v) is 11.4. The normalized spacial score (nSPS) is 16.7. The van der Waals surface area contributed by atoms with Gasteiger partial charge in [-0.2, -0.15) is 0 Å². The van der Waals surface area contributed by atoms with Gasteiger partial charge in [0.1, 0.15) is 5.82 Å². The second-order valence-electron chi connectivity index (χ2n) is 8.98. The predicted octanol–water partition coefficient (Wildman–Crippen LogP) is 4.37. The molecule has 0 radical (unpaired) electrons. The number of pyridine rings is 1. The van der Waals surface area contributed by atoms with Crippen LogP contribution in [0.3, 0.4) is 0 Å². The molecule has 1 saturated heterocycles. The van der Waals surface area contributed by atoms with Crippen molar-refractivity contribution in [3.63, 3.8) is 0 Å². The summed E-state index contributed by atoms with van der Waals surface area (Å²) in [6.07, 6.45) is 5.85. The highest BCUT2D eigenvalue weighted by atomic mass is 35.5. The molecule has 1 unspecified atom stereocenters. The van der Waals surface area contributed by atoms with Crippen molar-refractivity contribution < 1.29 is 17.7 Å². The highest BCUT2D eigenvalue weighted by Gasteiger charge is 2.29. The van der Waals surface area contributed by atoms with Crippen LogP contribution in [0.1, 0.15) is 37.0 Å². The molecule has 0 bridgehead atoms. The van der Waals surface area contributed by atoms with Gasteiger partial charge in [-0.05, 0) is 49.6 Å². The van der Waals surface area contributed by atoms with Crippen molar-refractivity contribution in [3.05, 3.63) is 47.1 Å². The molecule has 9 nitrogen and oxygen atoms in total. The molecule has 0 saturated carbocycles.